The molecule has 47 heavy (non-hydrogen) atoms. The summed E-state index contributed by atoms with van der Waals surface area (Å²) in [6, 6.07) is 0. The molecule has 0 aromatic heterocycles. The van der Waals surface area contributed by atoms with Crippen LogP contribution in [0.3, 0.4) is 0 Å². The molecule has 2 N–H and O–H groups in total. The number of aliphatic hydroxyl groups excluding tert-OH is 1. The van der Waals surface area contributed by atoms with Crippen molar-refractivity contribution in [1.29, 1.82) is 0 Å². The van der Waals surface area contributed by atoms with Crippen molar-refractivity contribution < 1.29 is 43.5 Å². The van der Waals surface area contributed by atoms with Crippen LogP contribution in [0.15, 0.2) is 52.9 Å². The number of phenolic OH excluding ortho intramolecular Hbond substituents is 1. The van der Waals surface area contributed by atoms with Crippen LogP contribution in [-0.2, 0) is 25.5 Å². The van der Waals surface area contributed by atoms with E-state index in [9.17, 15) is 24.6 Å². The van der Waals surface area contributed by atoms with Gasteiger partial charge in [-0.3, -0.25) is 14.4 Å². The van der Waals surface area contributed by atoms with Gasteiger partial charge >= 0.3 is 0 Å². The van der Waals surface area contributed by atoms with Gasteiger partial charge in [-0.1, -0.05) is 29.4 Å². The summed E-state index contributed by atoms with van der Waals surface area (Å²) in [7, 11) is 0. The van der Waals surface area contributed by atoms with Gasteiger partial charge in [0.1, 0.15) is 40.8 Å². The average Bonchev–Trinajstić information content (AvgIpc) is 3.15. The molecule has 2 unspecified atom stereocenters. The number of aliphatic hydroxyl groups is 1. The van der Waals surface area contributed by atoms with E-state index in [0.29, 0.717) is 36.1 Å². The first kappa shape index (κ1) is 33.0. The van der Waals surface area contributed by atoms with Crippen LogP contribution in [0.1, 0.15) is 95.6 Å². The molecule has 0 amide bonds. The Morgan fingerprint density at radius 2 is 1.77 bits per heavy atom. The summed E-state index contributed by atoms with van der Waals surface area (Å²) in [5, 5.41) is 21.6. The smallest absolute Gasteiger partial charge is 0.298 e. The minimum Gasteiger partial charge on any atom is -0.506 e. The molecule has 7 rings (SSSR count). The van der Waals surface area contributed by atoms with Crippen molar-refractivity contribution in [3.8, 4) is 17.2 Å². The molecule has 3 aliphatic carbocycles. The fraction of sp³-hybridized carbons (Fsp3) is 0.500. The molecule has 1 saturated carbocycles. The van der Waals surface area contributed by atoms with Crippen LogP contribution < -0.4 is 9.47 Å². The van der Waals surface area contributed by atoms with Gasteiger partial charge in [0.15, 0.2) is 22.8 Å². The van der Waals surface area contributed by atoms with Crippen LogP contribution in [-0.4, -0.2) is 57.3 Å². The zero-order valence-electron chi connectivity index (χ0n) is 28.2. The third kappa shape index (κ3) is 4.84. The predicted octanol–water partition coefficient (Wildman–Crippen LogP) is 6.26. The Morgan fingerprint density at radius 3 is 2.43 bits per heavy atom. The number of carbonyl (C=O) groups excluding carboxylic acids is 3. The molecule has 0 radical (unpaired) electrons. The van der Waals surface area contributed by atoms with Crippen molar-refractivity contribution in [2.75, 3.05) is 6.61 Å². The maximum Gasteiger partial charge on any atom is 0.298 e. The van der Waals surface area contributed by atoms with E-state index in [4.69, 9.17) is 18.9 Å². The average molecular weight is 645 g/mol. The largest absolute Gasteiger partial charge is 0.506 e. The summed E-state index contributed by atoms with van der Waals surface area (Å²) in [5.41, 5.74) is -1.16. The lowest BCUT2D eigenvalue weighted by Gasteiger charge is -2.56. The molecule has 2 fully saturated rings. The quantitative estimate of drug-likeness (QED) is 0.172. The number of ether oxygens (including phenoxy) is 4. The number of carbonyl (C=O) groups is 3. The summed E-state index contributed by atoms with van der Waals surface area (Å²) in [6.07, 6.45) is 13.2. The van der Waals surface area contributed by atoms with Crippen LogP contribution in [0.4, 0.5) is 0 Å². The Labute approximate surface area is 275 Å². The lowest BCUT2D eigenvalue weighted by molar-refractivity contribution is -0.171. The van der Waals surface area contributed by atoms with E-state index in [-0.39, 0.29) is 47.1 Å². The monoisotopic (exact) mass is 644 g/mol. The molecule has 1 aromatic rings. The number of phenols is 1. The fourth-order valence-electron chi connectivity index (χ4n) is 8.26. The number of rotatable bonds is 10. The Kier molecular flexibility index (Phi) is 7.95. The molecule has 1 saturated heterocycles. The summed E-state index contributed by atoms with van der Waals surface area (Å²) in [4.78, 5) is 40.2. The fourth-order valence-corrected chi connectivity index (χ4v) is 8.26. The van der Waals surface area contributed by atoms with Crippen molar-refractivity contribution in [3.63, 3.8) is 0 Å². The van der Waals surface area contributed by atoms with E-state index in [1.165, 1.54) is 11.6 Å². The van der Waals surface area contributed by atoms with Crippen molar-refractivity contribution in [2.24, 2.45) is 11.8 Å². The first-order chi connectivity index (χ1) is 22.1. The highest BCUT2D eigenvalue weighted by Gasteiger charge is 2.81. The molecular weight excluding hydrogens is 600 g/mol. The third-order valence-electron chi connectivity index (χ3n) is 10.4. The van der Waals surface area contributed by atoms with Gasteiger partial charge in [0, 0.05) is 29.4 Å². The second kappa shape index (κ2) is 11.3. The maximum absolute atomic E-state index is 14.8. The minimum absolute atomic E-state index is 0.0403. The Morgan fingerprint density at radius 1 is 1.04 bits per heavy atom. The lowest BCUT2D eigenvalue weighted by atomic mass is 9.51. The molecule has 1 spiro atoms. The molecule has 6 aliphatic rings. The van der Waals surface area contributed by atoms with E-state index < -0.39 is 46.6 Å². The SMILES string of the molecule is CC(C)=CCC[C@@]1(C)C=Cc2c(O)c3c(c(CC=C(C)C)c2O1)O[C@]12C(=C[C@@H]4CC1C(C)(C)OC2(CC=C(CO)OC=O)C4=O)C3=O. The normalized spacial score (nSPS) is 30.7. The van der Waals surface area contributed by atoms with Gasteiger partial charge < -0.3 is 29.2 Å². The van der Waals surface area contributed by atoms with Gasteiger partial charge in [-0.2, -0.15) is 0 Å². The van der Waals surface area contributed by atoms with E-state index >= 15 is 0 Å². The van der Waals surface area contributed by atoms with Crippen molar-refractivity contribution in [3.05, 3.63) is 69.5 Å². The van der Waals surface area contributed by atoms with Crippen molar-refractivity contribution >= 4 is 24.1 Å². The van der Waals surface area contributed by atoms with E-state index in [1.807, 2.05) is 52.8 Å². The standard InChI is InChI=1S/C38H44O9/c1-21(2)9-8-14-36(7)15-13-25-30(41)29-31(42)27-17-23-18-28-35(5,6)47-37(34(23)43,16-12-24(19-39)44-20-40)38(27,28)46-33(29)26(32(25)45-36)11-10-22(3)4/h9-10,12-13,15,17,20,23,28,39,41H,8,11,14,16,18-19H2,1-7H3/t23-,28?,36+,37?,38-/m1/s1. The van der Waals surface area contributed by atoms with Gasteiger partial charge in [0.25, 0.3) is 6.47 Å². The molecule has 3 aliphatic heterocycles. The number of allylic oxidation sites excluding steroid dienone is 5. The van der Waals surface area contributed by atoms with Gasteiger partial charge in [-0.15, -0.1) is 0 Å². The second-order valence-electron chi connectivity index (χ2n) is 14.6. The Hall–Kier alpha value is -3.95. The number of fused-ring (bicyclic) bond motifs is 2. The maximum atomic E-state index is 14.8. The van der Waals surface area contributed by atoms with Gasteiger partial charge in [0.05, 0.1) is 11.2 Å². The molecule has 4 bridgehead atoms. The van der Waals surface area contributed by atoms with E-state index in [1.54, 1.807) is 6.08 Å². The van der Waals surface area contributed by atoms with Crippen LogP contribution in [0.5, 0.6) is 17.2 Å². The van der Waals surface area contributed by atoms with Crippen molar-refractivity contribution in [1.82, 2.24) is 0 Å². The highest BCUT2D eigenvalue weighted by Crippen LogP contribution is 2.68. The molecule has 250 valence electrons. The number of hydrogen-bond acceptors (Lipinski definition) is 9. The molecule has 9 nitrogen and oxygen atoms in total. The van der Waals surface area contributed by atoms with Gasteiger partial charge in [-0.25, -0.2) is 0 Å². The summed E-state index contributed by atoms with van der Waals surface area (Å²) in [6.45, 7) is 13.5. The first-order valence-corrected chi connectivity index (χ1v) is 16.3. The van der Waals surface area contributed by atoms with E-state index in [2.05, 4.69) is 19.9 Å². The van der Waals surface area contributed by atoms with E-state index in [0.717, 1.165) is 12.0 Å². The number of ketones is 2. The molecule has 5 atom stereocenters. The number of Topliss-reactive ketones (excluding diaryl/α,β-unsaturated/α-hetero) is 2. The summed E-state index contributed by atoms with van der Waals surface area (Å²) < 4.78 is 25.6. The summed E-state index contributed by atoms with van der Waals surface area (Å²) in [5.74, 6) is -1.31. The second-order valence-corrected chi connectivity index (χ2v) is 14.6. The van der Waals surface area contributed by atoms with Crippen LogP contribution in [0, 0.1) is 11.8 Å². The Bertz CT molecular complexity index is 1710. The summed E-state index contributed by atoms with van der Waals surface area (Å²) >= 11 is 0. The molecule has 3 heterocycles. The number of aromatic hydroxyl groups is 1. The molecule has 9 heteroatoms. The predicted molar refractivity (Wildman–Crippen MR) is 175 cm³/mol. The Balaban J connectivity index is 1.58. The third-order valence-corrected chi connectivity index (χ3v) is 10.4. The zero-order valence-corrected chi connectivity index (χ0v) is 28.2. The number of hydrogen-bond donors (Lipinski definition) is 2. The van der Waals surface area contributed by atoms with Crippen LogP contribution >= 0.6 is 0 Å². The highest BCUT2D eigenvalue weighted by atomic mass is 16.6. The van der Waals surface area contributed by atoms with Gasteiger partial charge in [0.2, 0.25) is 0 Å². The molecule has 1 aromatic carbocycles. The number of benzene rings is 1. The van der Waals surface area contributed by atoms with Crippen LogP contribution in [0.2, 0.25) is 0 Å². The van der Waals surface area contributed by atoms with Crippen molar-refractivity contribution in [2.45, 2.75) is 103 Å². The first-order valence-electron chi connectivity index (χ1n) is 16.3. The molecular formula is C38H44O9. The minimum atomic E-state index is -1.66. The topological polar surface area (TPSA) is 129 Å². The van der Waals surface area contributed by atoms with Crippen LogP contribution in [0.25, 0.3) is 6.08 Å². The lowest BCUT2D eigenvalue weighted by Crippen LogP contribution is -2.72. The zero-order chi connectivity index (χ0) is 34.1. The van der Waals surface area contributed by atoms with Gasteiger partial charge in [-0.05, 0) is 92.4 Å². The highest BCUT2D eigenvalue weighted by molar-refractivity contribution is 6.19.